The number of aryl methyl sites for hydroxylation is 1. The molecule has 1 aliphatic rings. The highest BCUT2D eigenvalue weighted by Crippen LogP contribution is 2.26. The molecular formula is C28H31N3O3S. The fourth-order valence-electron chi connectivity index (χ4n) is 4.53. The monoisotopic (exact) mass is 489 g/mol. The quantitative estimate of drug-likeness (QED) is 0.333. The molecule has 5 rings (SSSR count). The Morgan fingerprint density at radius 2 is 1.80 bits per heavy atom. The second-order valence-corrected chi connectivity index (χ2v) is 9.83. The van der Waals surface area contributed by atoms with Crippen molar-refractivity contribution in [1.29, 1.82) is 0 Å². The number of carbonyl (C=O) groups excluding carboxylic acids is 1. The number of nitrogens with one attached hydrogen (secondary N) is 1. The third-order valence-electron chi connectivity index (χ3n) is 6.66. The maximum Gasteiger partial charge on any atom is 0.272 e. The van der Waals surface area contributed by atoms with Crippen LogP contribution in [0.4, 0.5) is 5.69 Å². The Bertz CT molecular complexity index is 1290. The fraction of sp³-hybridized carbons (Fsp3) is 0.321. The lowest BCUT2D eigenvalue weighted by molar-refractivity contribution is 0.101. The molecule has 0 spiro atoms. The molecular weight excluding hydrogens is 458 g/mol. The summed E-state index contributed by atoms with van der Waals surface area (Å²) in [4.78, 5) is 15.4. The second-order valence-electron chi connectivity index (χ2n) is 8.88. The normalized spacial score (nSPS) is 14.8. The molecule has 1 fully saturated rings. The van der Waals surface area contributed by atoms with Crippen LogP contribution >= 0.6 is 11.3 Å². The van der Waals surface area contributed by atoms with Crippen molar-refractivity contribution >= 4 is 33.1 Å². The van der Waals surface area contributed by atoms with Crippen LogP contribution in [0.25, 0.3) is 10.2 Å². The van der Waals surface area contributed by atoms with Crippen molar-refractivity contribution in [2.24, 2.45) is 7.05 Å². The van der Waals surface area contributed by atoms with Crippen LogP contribution in [0.15, 0.2) is 66.0 Å². The van der Waals surface area contributed by atoms with Gasteiger partial charge in [0.15, 0.2) is 0 Å². The van der Waals surface area contributed by atoms with Crippen molar-refractivity contribution in [3.63, 3.8) is 0 Å². The van der Waals surface area contributed by atoms with E-state index in [0.29, 0.717) is 12.3 Å². The molecule has 0 atom stereocenters. The highest BCUT2D eigenvalue weighted by Gasteiger charge is 2.19. The third-order valence-corrected chi connectivity index (χ3v) is 7.52. The summed E-state index contributed by atoms with van der Waals surface area (Å²) in [5.74, 6) is 1.51. The lowest BCUT2D eigenvalue weighted by atomic mass is 10.1. The zero-order valence-electron chi connectivity index (χ0n) is 20.2. The van der Waals surface area contributed by atoms with Crippen molar-refractivity contribution < 1.29 is 14.3 Å². The molecule has 1 amide bonds. The van der Waals surface area contributed by atoms with E-state index in [1.54, 1.807) is 11.3 Å². The zero-order chi connectivity index (χ0) is 24.2. The van der Waals surface area contributed by atoms with Gasteiger partial charge in [-0.15, -0.1) is 11.3 Å². The smallest absolute Gasteiger partial charge is 0.272 e. The number of rotatable bonds is 8. The average Bonchev–Trinajstić information content (AvgIpc) is 3.48. The van der Waals surface area contributed by atoms with Crippen molar-refractivity contribution in [1.82, 2.24) is 9.47 Å². The van der Waals surface area contributed by atoms with Crippen LogP contribution < -0.4 is 14.8 Å². The van der Waals surface area contributed by atoms with E-state index in [2.05, 4.69) is 17.1 Å². The molecule has 7 heteroatoms. The van der Waals surface area contributed by atoms with E-state index >= 15 is 0 Å². The van der Waals surface area contributed by atoms with E-state index in [1.807, 2.05) is 77.7 Å². The third kappa shape index (κ3) is 5.36. The number of fused-ring (bicyclic) bond motifs is 1. The number of amides is 1. The van der Waals surface area contributed by atoms with Crippen molar-refractivity contribution in [3.8, 4) is 11.5 Å². The number of thiophene rings is 1. The molecule has 2 aromatic heterocycles. The summed E-state index contributed by atoms with van der Waals surface area (Å²) < 4.78 is 15.2. The number of hydrogen-bond acceptors (Lipinski definition) is 5. The van der Waals surface area contributed by atoms with Gasteiger partial charge in [-0.3, -0.25) is 4.79 Å². The Hall–Kier alpha value is -3.29. The van der Waals surface area contributed by atoms with Crippen molar-refractivity contribution in [2.45, 2.75) is 32.5 Å². The van der Waals surface area contributed by atoms with Crippen LogP contribution in [0.3, 0.4) is 0 Å². The van der Waals surface area contributed by atoms with Gasteiger partial charge < -0.3 is 24.3 Å². The van der Waals surface area contributed by atoms with E-state index in [1.165, 1.54) is 0 Å². The van der Waals surface area contributed by atoms with Crippen LogP contribution in [-0.4, -0.2) is 41.1 Å². The summed E-state index contributed by atoms with van der Waals surface area (Å²) in [5, 5.41) is 5.09. The number of likely N-dealkylation sites (tertiary alicyclic amines) is 1. The first-order valence-electron chi connectivity index (χ1n) is 12.1. The summed E-state index contributed by atoms with van der Waals surface area (Å²) in [6.45, 7) is 5.86. The van der Waals surface area contributed by atoms with Gasteiger partial charge in [0.2, 0.25) is 0 Å². The van der Waals surface area contributed by atoms with Crippen LogP contribution in [0.5, 0.6) is 11.5 Å². The topological polar surface area (TPSA) is 55.7 Å². The Labute approximate surface area is 210 Å². The zero-order valence-corrected chi connectivity index (χ0v) is 21.0. The van der Waals surface area contributed by atoms with Gasteiger partial charge in [0.25, 0.3) is 5.91 Å². The molecule has 0 saturated carbocycles. The van der Waals surface area contributed by atoms with Gasteiger partial charge >= 0.3 is 0 Å². The Morgan fingerprint density at radius 1 is 1.06 bits per heavy atom. The first kappa shape index (κ1) is 23.5. The summed E-state index contributed by atoms with van der Waals surface area (Å²) in [6, 6.07) is 19.5. The highest BCUT2D eigenvalue weighted by atomic mass is 32.1. The number of aromatic nitrogens is 1. The van der Waals surface area contributed by atoms with Gasteiger partial charge in [-0.2, -0.15) is 0 Å². The molecule has 2 aromatic carbocycles. The number of piperidine rings is 1. The Kier molecular flexibility index (Phi) is 7.06. The molecule has 1 N–H and O–H groups in total. The lowest BCUT2D eigenvalue weighted by Gasteiger charge is -2.31. The number of anilines is 1. The fourth-order valence-corrected chi connectivity index (χ4v) is 5.38. The van der Waals surface area contributed by atoms with Gasteiger partial charge in [0.05, 0.1) is 10.2 Å². The van der Waals surface area contributed by atoms with Crippen LogP contribution in [0.2, 0.25) is 0 Å². The van der Waals surface area contributed by atoms with E-state index < -0.39 is 0 Å². The lowest BCUT2D eigenvalue weighted by Crippen LogP contribution is -2.37. The van der Waals surface area contributed by atoms with E-state index in [4.69, 9.17) is 9.47 Å². The number of nitrogens with zero attached hydrogens (tertiary/aromatic N) is 2. The number of benzene rings is 2. The van der Waals surface area contributed by atoms with Crippen LogP contribution in [0.1, 0.15) is 35.8 Å². The van der Waals surface area contributed by atoms with Gasteiger partial charge in [0, 0.05) is 31.4 Å². The average molecular weight is 490 g/mol. The number of ether oxygens (including phenoxy) is 2. The summed E-state index contributed by atoms with van der Waals surface area (Å²) in [5.41, 5.74) is 3.37. The van der Waals surface area contributed by atoms with E-state index in [0.717, 1.165) is 65.4 Å². The number of carbonyl (C=O) groups is 1. The minimum Gasteiger partial charge on any atom is -0.490 e. The Balaban J connectivity index is 1.19. The molecule has 6 nitrogen and oxygen atoms in total. The standard InChI is InChI=1S/C28H31N3O3S/c1-3-31-15-12-23(13-16-31)34-22-10-8-21(9-11-22)33-19-20-6-4-5-7-24(20)29-28(32)26-18-27-25(30(26)2)14-17-35-27/h4-11,14,17-18,23H,3,12-13,15-16,19H2,1-2H3,(H,29,32). The molecule has 0 unspecified atom stereocenters. The predicted octanol–water partition coefficient (Wildman–Crippen LogP) is 5.93. The molecule has 0 bridgehead atoms. The molecule has 1 saturated heterocycles. The van der Waals surface area contributed by atoms with Crippen LogP contribution in [-0.2, 0) is 13.7 Å². The minimum absolute atomic E-state index is 0.130. The maximum absolute atomic E-state index is 13.0. The van der Waals surface area contributed by atoms with Gasteiger partial charge in [-0.05, 0) is 67.2 Å². The molecule has 0 aliphatic carbocycles. The molecule has 4 aromatic rings. The molecule has 1 aliphatic heterocycles. The van der Waals surface area contributed by atoms with Gasteiger partial charge in [-0.1, -0.05) is 25.1 Å². The Morgan fingerprint density at radius 3 is 2.54 bits per heavy atom. The summed E-state index contributed by atoms with van der Waals surface area (Å²) in [7, 11) is 1.92. The number of para-hydroxylation sites is 1. The highest BCUT2D eigenvalue weighted by molar-refractivity contribution is 7.17. The second kappa shape index (κ2) is 10.5. The molecule has 182 valence electrons. The van der Waals surface area contributed by atoms with Crippen LogP contribution in [0, 0.1) is 0 Å². The van der Waals surface area contributed by atoms with E-state index in [9.17, 15) is 4.79 Å². The summed E-state index contributed by atoms with van der Waals surface area (Å²) >= 11 is 1.63. The predicted molar refractivity (Wildman–Crippen MR) is 142 cm³/mol. The van der Waals surface area contributed by atoms with Crippen molar-refractivity contribution in [2.75, 3.05) is 25.0 Å². The molecule has 3 heterocycles. The first-order chi connectivity index (χ1) is 17.1. The molecule has 35 heavy (non-hydrogen) atoms. The van der Waals surface area contributed by atoms with Crippen molar-refractivity contribution in [3.05, 3.63) is 77.3 Å². The SMILES string of the molecule is CCN1CCC(Oc2ccc(OCc3ccccc3NC(=O)c3cc4sccc4n3C)cc2)CC1. The molecule has 0 radical (unpaired) electrons. The largest absolute Gasteiger partial charge is 0.490 e. The van der Waals surface area contributed by atoms with E-state index in [-0.39, 0.29) is 12.0 Å². The summed E-state index contributed by atoms with van der Waals surface area (Å²) in [6.07, 6.45) is 2.41. The minimum atomic E-state index is -0.130. The van der Waals surface area contributed by atoms with Gasteiger partial charge in [0.1, 0.15) is 29.9 Å². The number of hydrogen-bond donors (Lipinski definition) is 1. The van der Waals surface area contributed by atoms with Gasteiger partial charge in [-0.25, -0.2) is 0 Å². The maximum atomic E-state index is 13.0. The first-order valence-corrected chi connectivity index (χ1v) is 13.0.